The van der Waals surface area contributed by atoms with Gasteiger partial charge in [0, 0.05) is 10.1 Å². The number of fused-ring (bicyclic) bond motifs is 1. The van der Waals surface area contributed by atoms with Gasteiger partial charge in [0.25, 0.3) is 0 Å². The molecule has 1 atom stereocenters. The Bertz CT molecular complexity index is 431. The summed E-state index contributed by atoms with van der Waals surface area (Å²) in [6.07, 6.45) is -0.476. The van der Waals surface area contributed by atoms with Gasteiger partial charge in [-0.25, -0.2) is 0 Å². The highest BCUT2D eigenvalue weighted by Crippen LogP contribution is 2.32. The van der Waals surface area contributed by atoms with Gasteiger partial charge in [-0.1, -0.05) is 0 Å². The van der Waals surface area contributed by atoms with Crippen LogP contribution < -0.4 is 0 Å². The van der Waals surface area contributed by atoms with Crippen LogP contribution in [0.4, 0.5) is 0 Å². The van der Waals surface area contributed by atoms with Crippen LogP contribution in [0.25, 0.3) is 10.1 Å². The van der Waals surface area contributed by atoms with Crippen LogP contribution in [0.5, 0.6) is 5.75 Å². The molecule has 0 radical (unpaired) electrons. The van der Waals surface area contributed by atoms with Crippen molar-refractivity contribution in [3.63, 3.8) is 0 Å². The standard InChI is InChI=1S/C10H10O2S/c1-6(11)9-5-13-10-3-2-7(12)4-8(9)10/h2-6,11-12H,1H3. The van der Waals surface area contributed by atoms with E-state index in [-0.39, 0.29) is 5.75 Å². The molecule has 13 heavy (non-hydrogen) atoms. The lowest BCUT2D eigenvalue weighted by molar-refractivity contribution is 0.201. The van der Waals surface area contributed by atoms with Crippen molar-refractivity contribution in [3.8, 4) is 5.75 Å². The van der Waals surface area contributed by atoms with Gasteiger partial charge < -0.3 is 10.2 Å². The number of rotatable bonds is 1. The van der Waals surface area contributed by atoms with Crippen LogP contribution in [0, 0.1) is 0 Å². The minimum Gasteiger partial charge on any atom is -0.508 e. The van der Waals surface area contributed by atoms with Gasteiger partial charge in [-0.2, -0.15) is 0 Å². The Hall–Kier alpha value is -1.06. The Morgan fingerprint density at radius 3 is 2.85 bits per heavy atom. The first-order valence-corrected chi connectivity index (χ1v) is 4.94. The second-order valence-corrected chi connectivity index (χ2v) is 3.96. The molecule has 0 aliphatic heterocycles. The van der Waals surface area contributed by atoms with Crippen LogP contribution in [0.2, 0.25) is 0 Å². The third kappa shape index (κ3) is 1.41. The lowest BCUT2D eigenvalue weighted by atomic mass is 10.1. The minimum atomic E-state index is -0.476. The Balaban J connectivity index is 2.71. The molecule has 2 N–H and O–H groups in total. The lowest BCUT2D eigenvalue weighted by Crippen LogP contribution is -1.87. The van der Waals surface area contributed by atoms with Crippen LogP contribution in [-0.4, -0.2) is 10.2 Å². The van der Waals surface area contributed by atoms with Gasteiger partial charge in [-0.3, -0.25) is 0 Å². The second-order valence-electron chi connectivity index (χ2n) is 3.05. The van der Waals surface area contributed by atoms with Crippen molar-refractivity contribution in [2.45, 2.75) is 13.0 Å². The average Bonchev–Trinajstić information content (AvgIpc) is 2.46. The summed E-state index contributed by atoms with van der Waals surface area (Å²) in [5.41, 5.74) is 0.885. The predicted octanol–water partition coefficient (Wildman–Crippen LogP) is 2.66. The van der Waals surface area contributed by atoms with E-state index in [0.717, 1.165) is 15.6 Å². The van der Waals surface area contributed by atoms with Crippen LogP contribution in [0.3, 0.4) is 0 Å². The maximum absolute atomic E-state index is 9.43. The van der Waals surface area contributed by atoms with Gasteiger partial charge in [-0.05, 0) is 36.1 Å². The van der Waals surface area contributed by atoms with Gasteiger partial charge in [-0.15, -0.1) is 11.3 Å². The Kier molecular flexibility index (Phi) is 1.98. The van der Waals surface area contributed by atoms with Crippen LogP contribution in [0.1, 0.15) is 18.6 Å². The van der Waals surface area contributed by atoms with Crippen LogP contribution in [-0.2, 0) is 0 Å². The molecule has 1 heterocycles. The molecular weight excluding hydrogens is 184 g/mol. The van der Waals surface area contributed by atoms with Gasteiger partial charge >= 0.3 is 0 Å². The highest BCUT2D eigenvalue weighted by Gasteiger charge is 2.08. The van der Waals surface area contributed by atoms with Crippen molar-refractivity contribution in [2.24, 2.45) is 0 Å². The number of aromatic hydroxyl groups is 1. The summed E-state index contributed by atoms with van der Waals surface area (Å²) in [4.78, 5) is 0. The molecule has 0 bridgehead atoms. The summed E-state index contributed by atoms with van der Waals surface area (Å²) in [5, 5.41) is 21.6. The number of phenolic OH excluding ortho intramolecular Hbond substituents is 1. The first-order valence-electron chi connectivity index (χ1n) is 4.06. The van der Waals surface area contributed by atoms with E-state index in [1.807, 2.05) is 11.4 Å². The van der Waals surface area contributed by atoms with E-state index in [9.17, 15) is 10.2 Å². The zero-order valence-corrected chi connectivity index (χ0v) is 8.01. The smallest absolute Gasteiger partial charge is 0.116 e. The predicted molar refractivity (Wildman–Crippen MR) is 54.1 cm³/mol. The number of hydrogen-bond acceptors (Lipinski definition) is 3. The molecule has 0 aliphatic carbocycles. The van der Waals surface area contributed by atoms with E-state index in [2.05, 4.69) is 0 Å². The number of thiophene rings is 1. The Labute approximate surface area is 80.1 Å². The first kappa shape index (κ1) is 8.53. The summed E-state index contributed by atoms with van der Waals surface area (Å²) < 4.78 is 1.09. The Morgan fingerprint density at radius 2 is 2.15 bits per heavy atom. The molecule has 2 aromatic rings. The molecule has 0 saturated carbocycles. The quantitative estimate of drug-likeness (QED) is 0.732. The van der Waals surface area contributed by atoms with Crippen molar-refractivity contribution in [1.29, 1.82) is 0 Å². The fourth-order valence-electron chi connectivity index (χ4n) is 1.36. The third-order valence-corrected chi connectivity index (χ3v) is 3.02. The molecule has 1 aromatic carbocycles. The van der Waals surface area contributed by atoms with E-state index in [1.54, 1.807) is 30.4 Å². The first-order chi connectivity index (χ1) is 6.18. The van der Waals surface area contributed by atoms with Crippen molar-refractivity contribution in [2.75, 3.05) is 0 Å². The lowest BCUT2D eigenvalue weighted by Gasteiger charge is -2.01. The molecule has 0 spiro atoms. The molecule has 1 unspecified atom stereocenters. The zero-order valence-electron chi connectivity index (χ0n) is 7.19. The maximum Gasteiger partial charge on any atom is 0.116 e. The van der Waals surface area contributed by atoms with Crippen molar-refractivity contribution < 1.29 is 10.2 Å². The van der Waals surface area contributed by atoms with Crippen LogP contribution in [0.15, 0.2) is 23.6 Å². The number of hydrogen-bond donors (Lipinski definition) is 2. The molecule has 0 aliphatic rings. The van der Waals surface area contributed by atoms with Crippen molar-refractivity contribution >= 4 is 21.4 Å². The summed E-state index contributed by atoms with van der Waals surface area (Å²) >= 11 is 1.58. The Morgan fingerprint density at radius 1 is 1.38 bits per heavy atom. The highest BCUT2D eigenvalue weighted by atomic mass is 32.1. The van der Waals surface area contributed by atoms with Gasteiger partial charge in [0.2, 0.25) is 0 Å². The largest absolute Gasteiger partial charge is 0.508 e. The van der Waals surface area contributed by atoms with Gasteiger partial charge in [0.1, 0.15) is 5.75 Å². The van der Waals surface area contributed by atoms with E-state index in [4.69, 9.17) is 0 Å². The minimum absolute atomic E-state index is 0.243. The molecule has 0 saturated heterocycles. The summed E-state index contributed by atoms with van der Waals surface area (Å²) in [5.74, 6) is 0.243. The van der Waals surface area contributed by atoms with E-state index in [1.165, 1.54) is 0 Å². The molecular formula is C10H10O2S. The normalized spacial score (nSPS) is 13.4. The van der Waals surface area contributed by atoms with E-state index < -0.39 is 6.10 Å². The number of aliphatic hydroxyl groups excluding tert-OH is 1. The van der Waals surface area contributed by atoms with Crippen LogP contribution >= 0.6 is 11.3 Å². The third-order valence-electron chi connectivity index (χ3n) is 2.04. The topological polar surface area (TPSA) is 40.5 Å². The zero-order chi connectivity index (χ0) is 9.42. The average molecular weight is 194 g/mol. The molecule has 0 amide bonds. The van der Waals surface area contributed by atoms with Crippen molar-refractivity contribution in [1.82, 2.24) is 0 Å². The number of benzene rings is 1. The second kappa shape index (κ2) is 3.01. The SMILES string of the molecule is CC(O)c1csc2ccc(O)cc12. The van der Waals surface area contributed by atoms with Gasteiger partial charge in [0.15, 0.2) is 0 Å². The number of phenols is 1. The molecule has 0 fully saturated rings. The molecule has 68 valence electrons. The molecule has 3 heteroatoms. The molecule has 2 nitrogen and oxygen atoms in total. The highest BCUT2D eigenvalue weighted by molar-refractivity contribution is 7.17. The van der Waals surface area contributed by atoms with E-state index >= 15 is 0 Å². The van der Waals surface area contributed by atoms with Gasteiger partial charge in [0.05, 0.1) is 6.10 Å². The summed E-state index contributed by atoms with van der Waals surface area (Å²) in [6.45, 7) is 1.73. The molecule has 1 aromatic heterocycles. The monoisotopic (exact) mass is 194 g/mol. The molecule has 2 rings (SSSR count). The summed E-state index contributed by atoms with van der Waals surface area (Å²) in [6, 6.07) is 5.21. The number of aliphatic hydroxyl groups is 1. The fraction of sp³-hybridized carbons (Fsp3) is 0.200. The van der Waals surface area contributed by atoms with Crippen molar-refractivity contribution in [3.05, 3.63) is 29.1 Å². The summed E-state index contributed by atoms with van der Waals surface area (Å²) in [7, 11) is 0. The maximum atomic E-state index is 9.43. The fourth-order valence-corrected chi connectivity index (χ4v) is 2.39. The van der Waals surface area contributed by atoms with E-state index in [0.29, 0.717) is 0 Å².